The number of nitrogens with one attached hydrogen (secondary N) is 1. The van der Waals surface area contributed by atoms with Gasteiger partial charge in [0.15, 0.2) is 0 Å². The molecule has 1 aliphatic heterocycles. The Hall–Kier alpha value is -0.870. The van der Waals surface area contributed by atoms with Crippen molar-refractivity contribution in [3.05, 3.63) is 0 Å². The number of nitrogens with zero attached hydrogens (tertiary/aromatic N) is 1. The molecular weight excluding hydrogens is 277 g/mol. The van der Waals surface area contributed by atoms with Gasteiger partial charge in [-0.25, -0.2) is 17.5 Å². The van der Waals surface area contributed by atoms with Crippen molar-refractivity contribution in [3.8, 4) is 0 Å². The minimum atomic E-state index is -5.04. The van der Waals surface area contributed by atoms with Crippen LogP contribution >= 0.6 is 0 Å². The zero-order chi connectivity index (χ0) is 14.0. The second-order valence-corrected chi connectivity index (χ2v) is 5.92. The van der Waals surface area contributed by atoms with Crippen LogP contribution in [0.1, 0.15) is 12.8 Å². The summed E-state index contributed by atoms with van der Waals surface area (Å²) in [5.74, 6) is -2.31. The van der Waals surface area contributed by atoms with Crippen LogP contribution in [0.5, 0.6) is 0 Å². The predicted octanol–water partition coefficient (Wildman–Crippen LogP) is 0.0205. The van der Waals surface area contributed by atoms with Gasteiger partial charge in [0.2, 0.25) is 10.0 Å². The molecule has 0 bridgehead atoms. The summed E-state index contributed by atoms with van der Waals surface area (Å²) in [5.41, 5.74) is 2.01. The van der Waals surface area contributed by atoms with Crippen molar-refractivity contribution in [2.75, 3.05) is 19.3 Å². The Morgan fingerprint density at radius 1 is 1.33 bits per heavy atom. The molecule has 0 aromatic carbocycles. The van der Waals surface area contributed by atoms with Gasteiger partial charge in [-0.3, -0.25) is 0 Å². The third kappa shape index (κ3) is 4.42. The average molecular weight is 290 g/mol. The van der Waals surface area contributed by atoms with Gasteiger partial charge in [0, 0.05) is 19.1 Å². The van der Waals surface area contributed by atoms with E-state index in [0.29, 0.717) is 0 Å². The average Bonchev–Trinajstić information content (AvgIpc) is 2.24. The number of piperidine rings is 1. The van der Waals surface area contributed by atoms with Crippen molar-refractivity contribution >= 4 is 16.0 Å². The first kappa shape index (κ1) is 15.2. The fourth-order valence-electron chi connectivity index (χ4n) is 1.50. The van der Waals surface area contributed by atoms with E-state index in [-0.39, 0.29) is 25.9 Å². The van der Waals surface area contributed by atoms with Crippen molar-refractivity contribution in [2.24, 2.45) is 0 Å². The molecule has 1 N–H and O–H groups in total. The summed E-state index contributed by atoms with van der Waals surface area (Å²) in [4.78, 5) is 14.3. The number of carbonyl (C=O) groups is 1. The Bertz CT molecular complexity index is 401. The van der Waals surface area contributed by atoms with Crippen LogP contribution in [0.2, 0.25) is 0 Å². The van der Waals surface area contributed by atoms with E-state index in [1.807, 2.05) is 5.48 Å². The maximum atomic E-state index is 11.8. The molecule has 0 saturated carbocycles. The van der Waals surface area contributed by atoms with Crippen molar-refractivity contribution in [1.82, 2.24) is 9.79 Å². The van der Waals surface area contributed by atoms with E-state index >= 15 is 0 Å². The zero-order valence-electron chi connectivity index (χ0n) is 9.53. The summed E-state index contributed by atoms with van der Waals surface area (Å²) < 4.78 is 59.0. The summed E-state index contributed by atoms with van der Waals surface area (Å²) in [7, 11) is -3.29. The number of sulfonamides is 1. The number of alkyl halides is 3. The van der Waals surface area contributed by atoms with E-state index in [1.165, 1.54) is 4.31 Å². The molecular formula is C8H13F3N2O4S. The molecule has 1 aliphatic rings. The Labute approximate surface area is 102 Å². The summed E-state index contributed by atoms with van der Waals surface area (Å²) in [5, 5.41) is 0. The van der Waals surface area contributed by atoms with Gasteiger partial charge in [0.05, 0.1) is 6.26 Å². The number of hydrogen-bond donors (Lipinski definition) is 1. The third-order valence-corrected chi connectivity index (χ3v) is 3.78. The summed E-state index contributed by atoms with van der Waals surface area (Å²) >= 11 is 0. The summed E-state index contributed by atoms with van der Waals surface area (Å²) in [6.45, 7) is 0.361. The molecule has 6 nitrogen and oxygen atoms in total. The first-order valence-corrected chi connectivity index (χ1v) is 6.94. The first-order chi connectivity index (χ1) is 8.10. The number of rotatable bonds is 3. The van der Waals surface area contributed by atoms with Crippen LogP contribution in [0, 0.1) is 0 Å². The van der Waals surface area contributed by atoms with Crippen LogP contribution in [-0.4, -0.2) is 50.3 Å². The summed E-state index contributed by atoms with van der Waals surface area (Å²) in [6.07, 6.45) is -3.43. The highest BCUT2D eigenvalue weighted by Crippen LogP contribution is 2.17. The second-order valence-electron chi connectivity index (χ2n) is 3.94. The normalized spacial score (nSPS) is 19.8. The molecule has 0 radical (unpaired) electrons. The maximum absolute atomic E-state index is 11.8. The van der Waals surface area contributed by atoms with E-state index in [0.717, 1.165) is 6.26 Å². The second kappa shape index (κ2) is 5.41. The van der Waals surface area contributed by atoms with Gasteiger partial charge in [-0.2, -0.15) is 13.2 Å². The lowest BCUT2D eigenvalue weighted by molar-refractivity contribution is -0.208. The lowest BCUT2D eigenvalue weighted by atomic mass is 10.1. The zero-order valence-corrected chi connectivity index (χ0v) is 10.3. The van der Waals surface area contributed by atoms with Gasteiger partial charge < -0.3 is 4.84 Å². The molecule has 0 aromatic rings. The quantitative estimate of drug-likeness (QED) is 0.742. The van der Waals surface area contributed by atoms with Crippen LogP contribution in [0.3, 0.4) is 0 Å². The smallest absolute Gasteiger partial charge is 0.363 e. The molecule has 0 aromatic heterocycles. The molecule has 0 unspecified atom stereocenters. The van der Waals surface area contributed by atoms with Crippen molar-refractivity contribution in [1.29, 1.82) is 0 Å². The largest absolute Gasteiger partial charge is 0.492 e. The summed E-state index contributed by atoms with van der Waals surface area (Å²) in [6, 6.07) is -0.478. The topological polar surface area (TPSA) is 75.7 Å². The Kier molecular flexibility index (Phi) is 4.56. The van der Waals surface area contributed by atoms with Gasteiger partial charge in [-0.1, -0.05) is 0 Å². The van der Waals surface area contributed by atoms with Crippen LogP contribution in [0.25, 0.3) is 0 Å². The molecule has 10 heteroatoms. The van der Waals surface area contributed by atoms with Gasteiger partial charge in [-0.05, 0) is 12.8 Å². The van der Waals surface area contributed by atoms with E-state index in [1.54, 1.807) is 0 Å². The van der Waals surface area contributed by atoms with Crippen molar-refractivity contribution in [2.45, 2.75) is 25.1 Å². The SMILES string of the molecule is CS(=O)(=O)N1CCC(NOC(=O)C(F)(F)F)CC1. The highest BCUT2D eigenvalue weighted by Gasteiger charge is 2.42. The minimum Gasteiger partial charge on any atom is -0.363 e. The molecule has 0 atom stereocenters. The lowest BCUT2D eigenvalue weighted by Crippen LogP contribution is -2.46. The molecule has 1 heterocycles. The van der Waals surface area contributed by atoms with E-state index in [4.69, 9.17) is 0 Å². The number of halogens is 3. The molecule has 0 aliphatic carbocycles. The van der Waals surface area contributed by atoms with Crippen LogP contribution in [0.15, 0.2) is 0 Å². The monoisotopic (exact) mass is 290 g/mol. The van der Waals surface area contributed by atoms with E-state index in [2.05, 4.69) is 4.84 Å². The molecule has 1 fully saturated rings. The van der Waals surface area contributed by atoms with E-state index < -0.39 is 28.2 Å². The molecule has 1 saturated heterocycles. The minimum absolute atomic E-state index is 0.181. The number of hydroxylamine groups is 1. The van der Waals surface area contributed by atoms with Gasteiger partial charge in [0.1, 0.15) is 0 Å². The Balaban J connectivity index is 2.35. The molecule has 18 heavy (non-hydrogen) atoms. The fraction of sp³-hybridized carbons (Fsp3) is 0.875. The molecule has 1 rings (SSSR count). The molecule has 0 amide bonds. The van der Waals surface area contributed by atoms with Crippen molar-refractivity contribution < 1.29 is 31.2 Å². The number of carbonyl (C=O) groups excluding carboxylic acids is 1. The van der Waals surface area contributed by atoms with Crippen molar-refractivity contribution in [3.63, 3.8) is 0 Å². The Morgan fingerprint density at radius 3 is 2.22 bits per heavy atom. The van der Waals surface area contributed by atoms with Crippen LogP contribution in [-0.2, 0) is 19.7 Å². The fourth-order valence-corrected chi connectivity index (χ4v) is 2.37. The van der Waals surface area contributed by atoms with Crippen LogP contribution < -0.4 is 5.48 Å². The highest BCUT2D eigenvalue weighted by atomic mass is 32.2. The highest BCUT2D eigenvalue weighted by molar-refractivity contribution is 7.88. The predicted molar refractivity (Wildman–Crippen MR) is 54.7 cm³/mol. The van der Waals surface area contributed by atoms with Gasteiger partial charge in [-0.15, -0.1) is 5.48 Å². The number of hydrogen-bond acceptors (Lipinski definition) is 5. The van der Waals surface area contributed by atoms with Crippen LogP contribution in [0.4, 0.5) is 13.2 Å². The first-order valence-electron chi connectivity index (χ1n) is 5.09. The van der Waals surface area contributed by atoms with Gasteiger partial charge >= 0.3 is 12.1 Å². The lowest BCUT2D eigenvalue weighted by Gasteiger charge is -2.29. The standard InChI is InChI=1S/C8H13F3N2O4S/c1-18(15,16)13-4-2-6(3-5-13)12-17-7(14)8(9,10)11/h6,12H,2-5H2,1H3. The maximum Gasteiger partial charge on any atom is 0.492 e. The Morgan fingerprint density at radius 2 is 1.83 bits per heavy atom. The third-order valence-electron chi connectivity index (χ3n) is 2.47. The van der Waals surface area contributed by atoms with E-state index in [9.17, 15) is 26.4 Å². The molecule has 0 spiro atoms. The molecule has 106 valence electrons. The van der Waals surface area contributed by atoms with Gasteiger partial charge in [0.25, 0.3) is 0 Å².